The third-order valence-corrected chi connectivity index (χ3v) is 7.29. The van der Waals surface area contributed by atoms with Crippen molar-refractivity contribution in [2.45, 2.75) is 23.2 Å². The van der Waals surface area contributed by atoms with E-state index < -0.39 is 14.9 Å². The Balaban J connectivity index is 1.55. The van der Waals surface area contributed by atoms with Crippen molar-refractivity contribution >= 4 is 21.8 Å². The van der Waals surface area contributed by atoms with Crippen LogP contribution in [-0.2, 0) is 15.4 Å². The van der Waals surface area contributed by atoms with Crippen LogP contribution >= 0.6 is 0 Å². The molecule has 134 valence electrons. The highest BCUT2D eigenvalue weighted by Gasteiger charge is 2.40. The summed E-state index contributed by atoms with van der Waals surface area (Å²) in [6.07, 6.45) is 5.78. The monoisotopic (exact) mass is 370 g/mol. The quantitative estimate of drug-likeness (QED) is 0.613. The normalized spacial score (nSPS) is 18.8. The molecule has 7 heteroatoms. The van der Waals surface area contributed by atoms with Gasteiger partial charge in [0.15, 0.2) is 0 Å². The molecule has 0 bridgehead atoms. The molecular formula is C19H18N2O4S. The number of nitro benzene ring substituents is 1. The molecule has 1 fully saturated rings. The van der Waals surface area contributed by atoms with Crippen LogP contribution in [0.3, 0.4) is 0 Å². The zero-order valence-corrected chi connectivity index (χ0v) is 14.9. The zero-order chi connectivity index (χ0) is 18.4. The number of benzene rings is 2. The molecule has 2 aromatic rings. The van der Waals surface area contributed by atoms with Gasteiger partial charge < -0.3 is 0 Å². The molecule has 0 unspecified atom stereocenters. The summed E-state index contributed by atoms with van der Waals surface area (Å²) in [5.41, 5.74) is 2.28. The third kappa shape index (κ3) is 2.64. The first-order chi connectivity index (χ1) is 12.4. The second kappa shape index (κ2) is 6.03. The van der Waals surface area contributed by atoms with Gasteiger partial charge in [-0.25, -0.2) is 8.42 Å². The number of sulfonamides is 1. The van der Waals surface area contributed by atoms with Crippen molar-refractivity contribution in [3.63, 3.8) is 0 Å². The molecule has 0 radical (unpaired) electrons. The number of hydrogen-bond acceptors (Lipinski definition) is 4. The first-order valence-corrected chi connectivity index (χ1v) is 9.90. The minimum atomic E-state index is -3.64. The van der Waals surface area contributed by atoms with Gasteiger partial charge >= 0.3 is 0 Å². The number of hydrogen-bond donors (Lipinski definition) is 0. The molecule has 2 aliphatic rings. The van der Waals surface area contributed by atoms with Crippen molar-refractivity contribution in [1.82, 2.24) is 4.31 Å². The Labute approximate surface area is 152 Å². The SMILES string of the molecule is O=[N+]([O-])c1ccc(S(=O)(=O)N2CCC3(C=Cc4ccccc43)CC2)cc1. The van der Waals surface area contributed by atoms with Gasteiger partial charge in [-0.1, -0.05) is 36.4 Å². The number of nitrogens with zero attached hydrogens (tertiary/aromatic N) is 2. The first kappa shape index (κ1) is 16.9. The van der Waals surface area contributed by atoms with Gasteiger partial charge in [0.05, 0.1) is 9.82 Å². The van der Waals surface area contributed by atoms with Crippen LogP contribution in [0, 0.1) is 10.1 Å². The topological polar surface area (TPSA) is 80.5 Å². The minimum absolute atomic E-state index is 0.0852. The smallest absolute Gasteiger partial charge is 0.258 e. The van der Waals surface area contributed by atoms with Crippen molar-refractivity contribution in [3.8, 4) is 0 Å². The van der Waals surface area contributed by atoms with E-state index in [2.05, 4.69) is 24.3 Å². The number of piperidine rings is 1. The number of non-ortho nitro benzene ring substituents is 1. The van der Waals surface area contributed by atoms with E-state index >= 15 is 0 Å². The van der Waals surface area contributed by atoms with Gasteiger partial charge in [0, 0.05) is 30.6 Å². The standard InChI is InChI=1S/C19H18N2O4S/c22-21(23)16-5-7-17(8-6-16)26(24,25)20-13-11-19(12-14-20)10-9-15-3-1-2-4-18(15)19/h1-10H,11-14H2. The van der Waals surface area contributed by atoms with Gasteiger partial charge in [-0.05, 0) is 36.1 Å². The van der Waals surface area contributed by atoms with Gasteiger partial charge in [-0.15, -0.1) is 0 Å². The van der Waals surface area contributed by atoms with E-state index in [9.17, 15) is 18.5 Å². The highest BCUT2D eigenvalue weighted by atomic mass is 32.2. The second-order valence-corrected chi connectivity index (χ2v) is 8.67. The first-order valence-electron chi connectivity index (χ1n) is 8.46. The Morgan fingerprint density at radius 1 is 1.00 bits per heavy atom. The van der Waals surface area contributed by atoms with Crippen LogP contribution in [0.4, 0.5) is 5.69 Å². The number of rotatable bonds is 3. The van der Waals surface area contributed by atoms with Gasteiger partial charge in [-0.3, -0.25) is 10.1 Å². The van der Waals surface area contributed by atoms with E-state index in [1.807, 2.05) is 12.1 Å². The van der Waals surface area contributed by atoms with E-state index in [4.69, 9.17) is 0 Å². The number of allylic oxidation sites excluding steroid dienone is 1. The minimum Gasteiger partial charge on any atom is -0.258 e. The van der Waals surface area contributed by atoms with E-state index in [1.165, 1.54) is 39.7 Å². The fourth-order valence-electron chi connectivity index (χ4n) is 3.89. The summed E-state index contributed by atoms with van der Waals surface area (Å²) < 4.78 is 27.2. The molecule has 2 aromatic carbocycles. The summed E-state index contributed by atoms with van der Waals surface area (Å²) in [4.78, 5) is 10.3. The van der Waals surface area contributed by atoms with Gasteiger partial charge in [0.1, 0.15) is 0 Å². The summed E-state index contributed by atoms with van der Waals surface area (Å²) >= 11 is 0. The molecule has 1 saturated heterocycles. The molecular weight excluding hydrogens is 352 g/mol. The lowest BCUT2D eigenvalue weighted by molar-refractivity contribution is -0.384. The average Bonchev–Trinajstić information content (AvgIpc) is 3.01. The molecule has 1 aliphatic heterocycles. The summed E-state index contributed by atoms with van der Waals surface area (Å²) in [5.74, 6) is 0. The van der Waals surface area contributed by atoms with E-state index in [1.54, 1.807) is 0 Å². The lowest BCUT2D eigenvalue weighted by Gasteiger charge is -2.38. The summed E-state index contributed by atoms with van der Waals surface area (Å²) in [7, 11) is -3.64. The molecule has 0 aromatic heterocycles. The fraction of sp³-hybridized carbons (Fsp3) is 0.263. The lowest BCUT2D eigenvalue weighted by Crippen LogP contribution is -2.43. The molecule has 1 spiro atoms. The molecule has 26 heavy (non-hydrogen) atoms. The Morgan fingerprint density at radius 3 is 2.31 bits per heavy atom. The predicted octanol–water partition coefficient (Wildman–Crippen LogP) is 3.34. The van der Waals surface area contributed by atoms with Crippen molar-refractivity contribution in [2.24, 2.45) is 0 Å². The Bertz CT molecular complexity index is 988. The van der Waals surface area contributed by atoms with Crippen LogP contribution < -0.4 is 0 Å². The molecule has 0 N–H and O–H groups in total. The van der Waals surface area contributed by atoms with Crippen LogP contribution in [0.25, 0.3) is 6.08 Å². The maximum absolute atomic E-state index is 12.9. The van der Waals surface area contributed by atoms with Crippen molar-refractivity contribution in [1.29, 1.82) is 0 Å². The fourth-order valence-corrected chi connectivity index (χ4v) is 5.33. The lowest BCUT2D eigenvalue weighted by atomic mass is 9.75. The van der Waals surface area contributed by atoms with E-state index in [0.29, 0.717) is 13.1 Å². The van der Waals surface area contributed by atoms with Crippen molar-refractivity contribution < 1.29 is 13.3 Å². The molecule has 4 rings (SSSR count). The molecule has 0 atom stereocenters. The number of nitro groups is 1. The summed E-state index contributed by atoms with van der Waals surface area (Å²) in [6, 6.07) is 13.3. The van der Waals surface area contributed by atoms with Gasteiger partial charge in [0.2, 0.25) is 10.0 Å². The summed E-state index contributed by atoms with van der Waals surface area (Å²) in [6.45, 7) is 0.857. The predicted molar refractivity (Wildman–Crippen MR) is 98.2 cm³/mol. The van der Waals surface area contributed by atoms with Crippen LogP contribution in [0.2, 0.25) is 0 Å². The third-order valence-electron chi connectivity index (χ3n) is 5.38. The second-order valence-electron chi connectivity index (χ2n) is 6.73. The summed E-state index contributed by atoms with van der Waals surface area (Å²) in [5, 5.41) is 10.7. The zero-order valence-electron chi connectivity index (χ0n) is 14.0. The van der Waals surface area contributed by atoms with Crippen LogP contribution in [0.15, 0.2) is 59.5 Å². The van der Waals surface area contributed by atoms with Crippen LogP contribution in [0.1, 0.15) is 24.0 Å². The Morgan fingerprint density at radius 2 is 1.65 bits per heavy atom. The van der Waals surface area contributed by atoms with Crippen LogP contribution in [-0.4, -0.2) is 30.7 Å². The van der Waals surface area contributed by atoms with Gasteiger partial charge in [-0.2, -0.15) is 4.31 Å². The molecule has 0 amide bonds. The molecule has 0 saturated carbocycles. The Kier molecular flexibility index (Phi) is 3.93. The Hall–Kier alpha value is -2.51. The maximum Gasteiger partial charge on any atom is 0.269 e. The van der Waals surface area contributed by atoms with Crippen molar-refractivity contribution in [3.05, 3.63) is 75.8 Å². The van der Waals surface area contributed by atoms with E-state index in [0.717, 1.165) is 12.8 Å². The molecule has 1 heterocycles. The highest BCUT2D eigenvalue weighted by molar-refractivity contribution is 7.89. The number of fused-ring (bicyclic) bond motifs is 2. The average molecular weight is 370 g/mol. The van der Waals surface area contributed by atoms with Gasteiger partial charge in [0.25, 0.3) is 5.69 Å². The largest absolute Gasteiger partial charge is 0.269 e. The molecule has 1 aliphatic carbocycles. The maximum atomic E-state index is 12.9. The van der Waals surface area contributed by atoms with Crippen molar-refractivity contribution in [2.75, 3.05) is 13.1 Å². The highest BCUT2D eigenvalue weighted by Crippen LogP contribution is 2.44. The molecule has 6 nitrogen and oxygen atoms in total. The van der Waals surface area contributed by atoms with E-state index in [-0.39, 0.29) is 16.0 Å². The van der Waals surface area contributed by atoms with Crippen LogP contribution in [0.5, 0.6) is 0 Å².